The van der Waals surface area contributed by atoms with Gasteiger partial charge in [0, 0.05) is 24.8 Å². The van der Waals surface area contributed by atoms with Gasteiger partial charge in [-0.3, -0.25) is 4.79 Å². The first kappa shape index (κ1) is 12.8. The SMILES string of the molecule is Cc1nc(CC(=O)NC(C)c2nccn2C)cs1. The molecule has 6 heteroatoms. The summed E-state index contributed by atoms with van der Waals surface area (Å²) >= 11 is 1.56. The average molecular weight is 264 g/mol. The Kier molecular flexibility index (Phi) is 3.76. The number of amides is 1. The Morgan fingerprint density at radius 1 is 1.61 bits per heavy atom. The lowest BCUT2D eigenvalue weighted by atomic mass is 10.2. The van der Waals surface area contributed by atoms with Gasteiger partial charge in [-0.15, -0.1) is 11.3 Å². The Morgan fingerprint density at radius 2 is 2.39 bits per heavy atom. The fraction of sp³-hybridized carbons (Fsp3) is 0.417. The van der Waals surface area contributed by atoms with E-state index >= 15 is 0 Å². The Balaban J connectivity index is 1.93. The van der Waals surface area contributed by atoms with Crippen LogP contribution < -0.4 is 5.32 Å². The number of carbonyl (C=O) groups excluding carboxylic acids is 1. The summed E-state index contributed by atoms with van der Waals surface area (Å²) in [7, 11) is 1.91. The number of nitrogens with one attached hydrogen (secondary N) is 1. The van der Waals surface area contributed by atoms with Crippen molar-refractivity contribution in [3.63, 3.8) is 0 Å². The number of nitrogens with zero attached hydrogens (tertiary/aromatic N) is 3. The molecule has 5 nitrogen and oxygen atoms in total. The molecule has 0 aliphatic heterocycles. The molecular weight excluding hydrogens is 248 g/mol. The third kappa shape index (κ3) is 2.95. The van der Waals surface area contributed by atoms with Crippen molar-refractivity contribution in [3.8, 4) is 0 Å². The zero-order valence-corrected chi connectivity index (χ0v) is 11.5. The van der Waals surface area contributed by atoms with Crippen LogP contribution in [0.1, 0.15) is 29.5 Å². The molecule has 18 heavy (non-hydrogen) atoms. The molecule has 96 valence electrons. The highest BCUT2D eigenvalue weighted by Gasteiger charge is 2.14. The summed E-state index contributed by atoms with van der Waals surface area (Å²) in [5.74, 6) is 0.814. The van der Waals surface area contributed by atoms with E-state index in [1.165, 1.54) is 0 Å². The molecule has 1 N–H and O–H groups in total. The maximum Gasteiger partial charge on any atom is 0.226 e. The van der Waals surface area contributed by atoms with Crippen molar-refractivity contribution in [1.82, 2.24) is 19.9 Å². The van der Waals surface area contributed by atoms with E-state index < -0.39 is 0 Å². The Morgan fingerprint density at radius 3 is 2.94 bits per heavy atom. The first-order valence-corrected chi connectivity index (χ1v) is 6.62. The van der Waals surface area contributed by atoms with Gasteiger partial charge in [-0.05, 0) is 13.8 Å². The molecule has 2 heterocycles. The highest BCUT2D eigenvalue weighted by atomic mass is 32.1. The van der Waals surface area contributed by atoms with Crippen LogP contribution >= 0.6 is 11.3 Å². The van der Waals surface area contributed by atoms with Crippen LogP contribution in [-0.4, -0.2) is 20.4 Å². The Labute approximate surface area is 110 Å². The first-order chi connectivity index (χ1) is 8.56. The van der Waals surface area contributed by atoms with E-state index in [-0.39, 0.29) is 11.9 Å². The number of hydrogen-bond donors (Lipinski definition) is 1. The van der Waals surface area contributed by atoms with E-state index in [9.17, 15) is 4.79 Å². The van der Waals surface area contributed by atoms with Gasteiger partial charge in [0.25, 0.3) is 0 Å². The van der Waals surface area contributed by atoms with Crippen molar-refractivity contribution >= 4 is 17.2 Å². The highest BCUT2D eigenvalue weighted by molar-refractivity contribution is 7.09. The van der Waals surface area contributed by atoms with Gasteiger partial charge in [0.1, 0.15) is 5.82 Å². The minimum absolute atomic E-state index is 0.0317. The van der Waals surface area contributed by atoms with Crippen LogP contribution in [0.2, 0.25) is 0 Å². The van der Waals surface area contributed by atoms with Gasteiger partial charge in [0.05, 0.1) is 23.2 Å². The summed E-state index contributed by atoms with van der Waals surface area (Å²) in [6.45, 7) is 3.86. The zero-order chi connectivity index (χ0) is 13.1. The van der Waals surface area contributed by atoms with E-state index in [4.69, 9.17) is 0 Å². The van der Waals surface area contributed by atoms with Crippen molar-refractivity contribution in [2.75, 3.05) is 0 Å². The summed E-state index contributed by atoms with van der Waals surface area (Å²) in [6.07, 6.45) is 3.91. The lowest BCUT2D eigenvalue weighted by Crippen LogP contribution is -2.29. The molecule has 2 rings (SSSR count). The fourth-order valence-electron chi connectivity index (χ4n) is 1.81. The quantitative estimate of drug-likeness (QED) is 0.912. The van der Waals surface area contributed by atoms with E-state index in [0.29, 0.717) is 6.42 Å². The summed E-state index contributed by atoms with van der Waals surface area (Å²) < 4.78 is 1.90. The molecule has 0 saturated carbocycles. The third-order valence-electron chi connectivity index (χ3n) is 2.63. The predicted octanol–water partition coefficient (Wildman–Crippen LogP) is 1.60. The smallest absolute Gasteiger partial charge is 0.226 e. The number of aromatic nitrogens is 3. The van der Waals surface area contributed by atoms with Crippen molar-refractivity contribution in [1.29, 1.82) is 0 Å². The molecule has 0 bridgehead atoms. The van der Waals surface area contributed by atoms with Gasteiger partial charge in [-0.1, -0.05) is 0 Å². The number of aryl methyl sites for hydroxylation is 2. The molecule has 0 fully saturated rings. The summed E-state index contributed by atoms with van der Waals surface area (Å²) in [6, 6.07) is -0.0998. The average Bonchev–Trinajstić information content (AvgIpc) is 2.87. The molecule has 0 saturated heterocycles. The van der Waals surface area contributed by atoms with E-state index in [1.807, 2.05) is 37.0 Å². The first-order valence-electron chi connectivity index (χ1n) is 5.74. The lowest BCUT2D eigenvalue weighted by molar-refractivity contribution is -0.121. The summed E-state index contributed by atoms with van der Waals surface area (Å²) in [4.78, 5) is 20.3. The van der Waals surface area contributed by atoms with E-state index in [1.54, 1.807) is 17.5 Å². The van der Waals surface area contributed by atoms with Gasteiger partial charge >= 0.3 is 0 Å². The van der Waals surface area contributed by atoms with Gasteiger partial charge in [0.15, 0.2) is 0 Å². The van der Waals surface area contributed by atoms with Crippen LogP contribution in [0, 0.1) is 6.92 Å². The number of rotatable bonds is 4. The topological polar surface area (TPSA) is 59.8 Å². The Hall–Kier alpha value is -1.69. The summed E-state index contributed by atoms with van der Waals surface area (Å²) in [5.41, 5.74) is 0.821. The highest BCUT2D eigenvalue weighted by Crippen LogP contribution is 2.11. The third-order valence-corrected chi connectivity index (χ3v) is 3.45. The van der Waals surface area contributed by atoms with Crippen LogP contribution in [0.25, 0.3) is 0 Å². The molecule has 2 aromatic rings. The normalized spacial score (nSPS) is 12.4. The van der Waals surface area contributed by atoms with E-state index in [0.717, 1.165) is 16.5 Å². The number of imidazole rings is 1. The molecule has 2 aromatic heterocycles. The van der Waals surface area contributed by atoms with Crippen LogP contribution in [0.15, 0.2) is 17.8 Å². The monoisotopic (exact) mass is 264 g/mol. The molecule has 0 aliphatic rings. The molecule has 0 spiro atoms. The second-order valence-electron chi connectivity index (χ2n) is 4.22. The number of carbonyl (C=O) groups is 1. The van der Waals surface area contributed by atoms with Gasteiger partial charge < -0.3 is 9.88 Å². The fourth-order valence-corrected chi connectivity index (χ4v) is 2.42. The lowest BCUT2D eigenvalue weighted by Gasteiger charge is -2.13. The van der Waals surface area contributed by atoms with Gasteiger partial charge in [0.2, 0.25) is 5.91 Å². The second kappa shape index (κ2) is 5.30. The van der Waals surface area contributed by atoms with Gasteiger partial charge in [-0.25, -0.2) is 9.97 Å². The van der Waals surface area contributed by atoms with Crippen molar-refractivity contribution in [3.05, 3.63) is 34.3 Å². The molecule has 0 aromatic carbocycles. The molecule has 0 aliphatic carbocycles. The molecule has 1 amide bonds. The second-order valence-corrected chi connectivity index (χ2v) is 5.28. The van der Waals surface area contributed by atoms with Crippen molar-refractivity contribution in [2.45, 2.75) is 26.3 Å². The largest absolute Gasteiger partial charge is 0.346 e. The number of hydrogen-bond acceptors (Lipinski definition) is 4. The maximum atomic E-state index is 11.9. The standard InChI is InChI=1S/C12H16N4OS/c1-8(12-13-4-5-16(12)3)14-11(17)6-10-7-18-9(2)15-10/h4-5,7-8H,6H2,1-3H3,(H,14,17). The van der Waals surface area contributed by atoms with Crippen LogP contribution in [0.5, 0.6) is 0 Å². The van der Waals surface area contributed by atoms with Crippen LogP contribution in [-0.2, 0) is 18.3 Å². The number of thiazole rings is 1. The Bertz CT molecular complexity index is 546. The van der Waals surface area contributed by atoms with Crippen molar-refractivity contribution in [2.24, 2.45) is 7.05 Å². The predicted molar refractivity (Wildman–Crippen MR) is 70.3 cm³/mol. The van der Waals surface area contributed by atoms with E-state index in [2.05, 4.69) is 15.3 Å². The zero-order valence-electron chi connectivity index (χ0n) is 10.7. The maximum absolute atomic E-state index is 11.9. The molecule has 1 atom stereocenters. The van der Waals surface area contributed by atoms with Crippen molar-refractivity contribution < 1.29 is 4.79 Å². The van der Waals surface area contributed by atoms with Crippen LogP contribution in [0.4, 0.5) is 0 Å². The minimum atomic E-state index is -0.0998. The molecular formula is C12H16N4OS. The summed E-state index contributed by atoms with van der Waals surface area (Å²) in [5, 5.41) is 5.82. The van der Waals surface area contributed by atoms with Gasteiger partial charge in [-0.2, -0.15) is 0 Å². The van der Waals surface area contributed by atoms with Crippen LogP contribution in [0.3, 0.4) is 0 Å². The molecule has 1 unspecified atom stereocenters. The molecule has 0 radical (unpaired) electrons. The minimum Gasteiger partial charge on any atom is -0.346 e.